The molecule has 1 N–H and O–H groups in total. The van der Waals surface area contributed by atoms with Crippen molar-refractivity contribution in [3.05, 3.63) is 41.7 Å². The molecule has 162 valence electrons. The van der Waals surface area contributed by atoms with Crippen molar-refractivity contribution < 1.29 is 9.22 Å². The van der Waals surface area contributed by atoms with Gasteiger partial charge in [0.05, 0.1) is 6.61 Å². The largest absolute Gasteiger partial charge is 0.415 e. The van der Waals surface area contributed by atoms with E-state index in [1.165, 1.54) is 31.3 Å². The predicted octanol–water partition coefficient (Wildman–Crippen LogP) is 5.51. The van der Waals surface area contributed by atoms with Crippen LogP contribution in [0.3, 0.4) is 0 Å². The molecule has 0 radical (unpaired) electrons. The van der Waals surface area contributed by atoms with Gasteiger partial charge in [0.1, 0.15) is 0 Å². The number of carbonyl (C=O) groups excluding carboxylic acids is 1. The van der Waals surface area contributed by atoms with E-state index in [1.54, 1.807) is 12.4 Å². The molecule has 1 aromatic heterocycles. The summed E-state index contributed by atoms with van der Waals surface area (Å²) < 4.78 is 6.32. The molecule has 2 rings (SSSR count). The van der Waals surface area contributed by atoms with Gasteiger partial charge in [0, 0.05) is 32.0 Å². The Bertz CT molecular complexity index is 668. The van der Waals surface area contributed by atoms with Gasteiger partial charge in [0.25, 0.3) is 0 Å². The van der Waals surface area contributed by atoms with Gasteiger partial charge in [-0.3, -0.25) is 4.98 Å². The number of rotatable bonds is 9. The van der Waals surface area contributed by atoms with E-state index >= 15 is 0 Å². The summed E-state index contributed by atoms with van der Waals surface area (Å²) in [5.41, 5.74) is 2.55. The van der Waals surface area contributed by atoms with Gasteiger partial charge in [-0.25, -0.2) is 4.79 Å². The average Bonchev–Trinajstić information content (AvgIpc) is 2.69. The third kappa shape index (κ3) is 7.94. The van der Waals surface area contributed by atoms with Crippen LogP contribution in [-0.4, -0.2) is 43.9 Å². The lowest BCUT2D eigenvalue weighted by molar-refractivity contribution is 0.178. The molecule has 0 atom stereocenters. The van der Waals surface area contributed by atoms with Crippen LogP contribution in [0.1, 0.15) is 58.4 Å². The van der Waals surface area contributed by atoms with Crippen LogP contribution in [0.5, 0.6) is 0 Å². The Kier molecular flexibility index (Phi) is 8.90. The van der Waals surface area contributed by atoms with E-state index in [2.05, 4.69) is 50.2 Å². The van der Waals surface area contributed by atoms with Crippen molar-refractivity contribution in [1.82, 2.24) is 15.2 Å². The molecule has 0 spiro atoms. The van der Waals surface area contributed by atoms with Crippen LogP contribution in [0.4, 0.5) is 4.79 Å². The topological polar surface area (TPSA) is 54.5 Å². The smallest absolute Gasteiger partial charge is 0.317 e. The number of carbonyl (C=O) groups is 1. The van der Waals surface area contributed by atoms with Gasteiger partial charge in [-0.15, -0.1) is 0 Å². The van der Waals surface area contributed by atoms with Crippen LogP contribution in [-0.2, 0) is 11.0 Å². The lowest BCUT2D eigenvalue weighted by atomic mass is 9.97. The molecular weight excluding hydrogens is 378 g/mol. The molecule has 0 saturated heterocycles. The fourth-order valence-corrected chi connectivity index (χ4v) is 4.18. The maximum absolute atomic E-state index is 12.9. The summed E-state index contributed by atoms with van der Waals surface area (Å²) in [5.74, 6) is 0. The molecule has 0 aromatic carbocycles. The molecule has 0 bridgehead atoms. The number of pyridine rings is 1. The van der Waals surface area contributed by atoms with Crippen molar-refractivity contribution in [2.24, 2.45) is 0 Å². The fourth-order valence-electron chi connectivity index (χ4n) is 3.14. The van der Waals surface area contributed by atoms with Crippen molar-refractivity contribution >= 4 is 14.3 Å². The normalized spacial score (nSPS) is 15.0. The Hall–Kier alpha value is -1.66. The van der Waals surface area contributed by atoms with Crippen LogP contribution in [0, 0.1) is 0 Å². The lowest BCUT2D eigenvalue weighted by Crippen LogP contribution is -2.45. The molecule has 6 heteroatoms. The first-order chi connectivity index (χ1) is 13.7. The summed E-state index contributed by atoms with van der Waals surface area (Å²) in [4.78, 5) is 18.8. The van der Waals surface area contributed by atoms with Gasteiger partial charge in [-0.2, -0.15) is 0 Å². The number of nitrogens with one attached hydrogen (secondary N) is 1. The van der Waals surface area contributed by atoms with Gasteiger partial charge in [-0.05, 0) is 67.9 Å². The molecular formula is C23H39N3O2Si. The molecule has 5 nitrogen and oxygen atoms in total. The maximum Gasteiger partial charge on any atom is 0.317 e. The molecule has 0 unspecified atom stereocenters. The van der Waals surface area contributed by atoms with Crippen molar-refractivity contribution in [2.75, 3.05) is 19.7 Å². The van der Waals surface area contributed by atoms with Crippen LogP contribution in [0.25, 0.3) is 0 Å². The highest BCUT2D eigenvalue weighted by molar-refractivity contribution is 6.74. The molecule has 29 heavy (non-hydrogen) atoms. The zero-order chi connectivity index (χ0) is 21.3. The summed E-state index contributed by atoms with van der Waals surface area (Å²) >= 11 is 0. The van der Waals surface area contributed by atoms with Gasteiger partial charge < -0.3 is 14.6 Å². The van der Waals surface area contributed by atoms with Crippen LogP contribution < -0.4 is 5.32 Å². The molecule has 0 fully saturated rings. The lowest BCUT2D eigenvalue weighted by Gasteiger charge is -2.37. The number of nitrogens with zero attached hydrogens (tertiary/aromatic N) is 2. The summed E-state index contributed by atoms with van der Waals surface area (Å²) in [6.07, 6.45) is 11.7. The van der Waals surface area contributed by atoms with E-state index in [1.807, 2.05) is 17.0 Å². The van der Waals surface area contributed by atoms with E-state index in [0.29, 0.717) is 19.7 Å². The summed E-state index contributed by atoms with van der Waals surface area (Å²) in [7, 11) is -1.81. The Morgan fingerprint density at radius 1 is 1.21 bits per heavy atom. The van der Waals surface area contributed by atoms with Crippen molar-refractivity contribution in [3.8, 4) is 0 Å². The number of allylic oxidation sites excluding steroid dienone is 1. The quantitative estimate of drug-likeness (QED) is 0.426. The first-order valence-electron chi connectivity index (χ1n) is 10.9. The van der Waals surface area contributed by atoms with Gasteiger partial charge >= 0.3 is 6.03 Å². The van der Waals surface area contributed by atoms with Gasteiger partial charge in [-0.1, -0.05) is 32.4 Å². The highest BCUT2D eigenvalue weighted by atomic mass is 28.4. The van der Waals surface area contributed by atoms with Gasteiger partial charge in [0.15, 0.2) is 8.32 Å². The number of aromatic nitrogens is 1. The Balaban J connectivity index is 1.92. The standard InChI is InChI=1S/C23H39N3O2Si/c1-23(2,3)29(4,5)28-18-17-26(16-13-20-9-7-6-8-10-20)22(27)25-19-21-11-14-24-15-12-21/h9,11-12,14-15H,6-8,10,13,16-19H2,1-5H3,(H,25,27). The Morgan fingerprint density at radius 3 is 2.55 bits per heavy atom. The Morgan fingerprint density at radius 2 is 1.93 bits per heavy atom. The van der Waals surface area contributed by atoms with Gasteiger partial charge in [0.2, 0.25) is 0 Å². The van der Waals surface area contributed by atoms with E-state index in [0.717, 1.165) is 18.5 Å². The summed E-state index contributed by atoms with van der Waals surface area (Å²) in [5, 5.41) is 3.24. The zero-order valence-electron chi connectivity index (χ0n) is 19.0. The third-order valence-corrected chi connectivity index (χ3v) is 10.7. The van der Waals surface area contributed by atoms with E-state index in [9.17, 15) is 4.79 Å². The predicted molar refractivity (Wildman–Crippen MR) is 122 cm³/mol. The van der Waals surface area contributed by atoms with Crippen LogP contribution in [0.15, 0.2) is 36.2 Å². The highest BCUT2D eigenvalue weighted by Gasteiger charge is 2.37. The monoisotopic (exact) mass is 417 g/mol. The SMILES string of the molecule is CC(C)(C)[Si](C)(C)OCCN(CCC1=CCCCC1)C(=O)NCc1ccncc1. The zero-order valence-corrected chi connectivity index (χ0v) is 20.0. The summed E-state index contributed by atoms with van der Waals surface area (Å²) in [6, 6.07) is 3.84. The minimum Gasteiger partial charge on any atom is -0.415 e. The van der Waals surface area contributed by atoms with Crippen LogP contribution in [0.2, 0.25) is 18.1 Å². The maximum atomic E-state index is 12.9. The van der Waals surface area contributed by atoms with Crippen LogP contribution >= 0.6 is 0 Å². The number of urea groups is 1. The minimum absolute atomic E-state index is 0.0166. The summed E-state index contributed by atoms with van der Waals surface area (Å²) in [6.45, 7) is 13.7. The minimum atomic E-state index is -1.81. The molecule has 1 heterocycles. The first kappa shape index (κ1) is 23.6. The van der Waals surface area contributed by atoms with Crippen molar-refractivity contribution in [1.29, 1.82) is 0 Å². The molecule has 1 aliphatic carbocycles. The second-order valence-electron chi connectivity index (χ2n) is 9.47. The molecule has 1 aromatic rings. The number of amides is 2. The van der Waals surface area contributed by atoms with E-state index in [4.69, 9.17) is 4.43 Å². The van der Waals surface area contributed by atoms with E-state index in [-0.39, 0.29) is 11.1 Å². The van der Waals surface area contributed by atoms with Crippen molar-refractivity contribution in [3.63, 3.8) is 0 Å². The fraction of sp³-hybridized carbons (Fsp3) is 0.652. The number of hydrogen-bond donors (Lipinski definition) is 1. The van der Waals surface area contributed by atoms with Crippen molar-refractivity contribution in [2.45, 2.75) is 77.6 Å². The second kappa shape index (κ2) is 10.9. The second-order valence-corrected chi connectivity index (χ2v) is 14.3. The van der Waals surface area contributed by atoms with E-state index < -0.39 is 8.32 Å². The number of hydrogen-bond acceptors (Lipinski definition) is 3. The molecule has 1 aliphatic rings. The molecule has 2 amide bonds. The highest BCUT2D eigenvalue weighted by Crippen LogP contribution is 2.36. The third-order valence-electron chi connectivity index (χ3n) is 6.20. The average molecular weight is 418 g/mol. The molecule has 0 aliphatic heterocycles. The molecule has 0 saturated carbocycles. The first-order valence-corrected chi connectivity index (χ1v) is 13.8. The Labute approximate surface area is 178 Å².